The minimum absolute atomic E-state index is 0.531. The molecule has 1 saturated carbocycles. The summed E-state index contributed by atoms with van der Waals surface area (Å²) in [7, 11) is 0. The van der Waals surface area contributed by atoms with Gasteiger partial charge >= 0.3 is 0 Å². The summed E-state index contributed by atoms with van der Waals surface area (Å²) < 4.78 is 2.39. The maximum absolute atomic E-state index is 3.84. The van der Waals surface area contributed by atoms with Crippen LogP contribution in [0.25, 0.3) is 0 Å². The van der Waals surface area contributed by atoms with Gasteiger partial charge in [0.05, 0.1) is 3.79 Å². The number of halogens is 3. The van der Waals surface area contributed by atoms with Crippen LogP contribution in [-0.4, -0.2) is 0 Å². The van der Waals surface area contributed by atoms with Crippen LogP contribution in [0.5, 0.6) is 0 Å². The van der Waals surface area contributed by atoms with E-state index in [0.717, 1.165) is 5.92 Å². The largest absolute Gasteiger partial charge is 0.131 e. The van der Waals surface area contributed by atoms with Crippen LogP contribution in [0.2, 0.25) is 0 Å². The maximum atomic E-state index is 3.84. The van der Waals surface area contributed by atoms with Crippen molar-refractivity contribution in [1.29, 1.82) is 0 Å². The van der Waals surface area contributed by atoms with Gasteiger partial charge in [0.1, 0.15) is 0 Å². The van der Waals surface area contributed by atoms with Crippen molar-refractivity contribution >= 4 is 59.1 Å². The fourth-order valence-corrected chi connectivity index (χ4v) is 5.37. The first-order chi connectivity index (χ1) is 7.66. The third-order valence-corrected chi connectivity index (χ3v) is 7.78. The van der Waals surface area contributed by atoms with E-state index in [1.54, 1.807) is 0 Å². The first kappa shape index (κ1) is 13.6. The van der Waals surface area contributed by atoms with Gasteiger partial charge in [-0.1, -0.05) is 48.0 Å². The molecule has 1 fully saturated rings. The highest BCUT2D eigenvalue weighted by Crippen LogP contribution is 2.42. The molecule has 2 rings (SSSR count). The van der Waals surface area contributed by atoms with Gasteiger partial charge in [-0.15, -0.1) is 11.3 Å². The molecule has 0 aliphatic heterocycles. The number of hydrogen-bond acceptors (Lipinski definition) is 1. The Kier molecular flexibility index (Phi) is 5.38. The quantitative estimate of drug-likeness (QED) is 0.469. The van der Waals surface area contributed by atoms with Crippen molar-refractivity contribution in [3.63, 3.8) is 0 Å². The van der Waals surface area contributed by atoms with E-state index >= 15 is 0 Å². The van der Waals surface area contributed by atoms with Crippen molar-refractivity contribution < 1.29 is 0 Å². The molecule has 1 atom stereocenters. The van der Waals surface area contributed by atoms with E-state index in [9.17, 15) is 0 Å². The van der Waals surface area contributed by atoms with Crippen LogP contribution in [-0.2, 0) is 0 Å². The highest BCUT2D eigenvalue weighted by molar-refractivity contribution is 9.13. The Morgan fingerprint density at radius 1 is 1.25 bits per heavy atom. The predicted molar refractivity (Wildman–Crippen MR) is 82.6 cm³/mol. The second-order valence-electron chi connectivity index (χ2n) is 4.48. The van der Waals surface area contributed by atoms with E-state index in [2.05, 4.69) is 53.9 Å². The van der Waals surface area contributed by atoms with Crippen molar-refractivity contribution in [3.8, 4) is 0 Å². The summed E-state index contributed by atoms with van der Waals surface area (Å²) in [5.74, 6) is 0.928. The third kappa shape index (κ3) is 3.56. The van der Waals surface area contributed by atoms with Gasteiger partial charge in [-0.05, 0) is 50.3 Å². The van der Waals surface area contributed by atoms with Gasteiger partial charge in [0.25, 0.3) is 0 Å². The van der Waals surface area contributed by atoms with Crippen molar-refractivity contribution in [2.45, 2.75) is 43.4 Å². The predicted octanol–water partition coefficient (Wildman–Crippen LogP) is 6.68. The maximum Gasteiger partial charge on any atom is 0.0843 e. The van der Waals surface area contributed by atoms with Crippen LogP contribution in [0.15, 0.2) is 14.3 Å². The lowest BCUT2D eigenvalue weighted by Crippen LogP contribution is -2.08. The zero-order chi connectivity index (χ0) is 11.5. The molecule has 0 bridgehead atoms. The molecule has 0 N–H and O–H groups in total. The Balaban J connectivity index is 1.93. The molecule has 1 aromatic rings. The van der Waals surface area contributed by atoms with Gasteiger partial charge in [-0.2, -0.15) is 0 Å². The van der Waals surface area contributed by atoms with Crippen molar-refractivity contribution in [2.24, 2.45) is 5.92 Å². The molecule has 1 aromatic heterocycles. The van der Waals surface area contributed by atoms with E-state index in [-0.39, 0.29) is 0 Å². The average molecular weight is 431 g/mol. The van der Waals surface area contributed by atoms with E-state index in [0.29, 0.717) is 4.83 Å². The molecule has 0 radical (unpaired) electrons. The van der Waals surface area contributed by atoms with Gasteiger partial charge in [0.15, 0.2) is 0 Å². The molecule has 1 unspecified atom stereocenters. The fraction of sp³-hybridized carbons (Fsp3) is 0.667. The summed E-state index contributed by atoms with van der Waals surface area (Å²) in [6.45, 7) is 0. The van der Waals surface area contributed by atoms with Crippen LogP contribution in [0.1, 0.15) is 48.2 Å². The van der Waals surface area contributed by atoms with Crippen molar-refractivity contribution in [1.82, 2.24) is 0 Å². The molecule has 0 saturated heterocycles. The Bertz CT molecular complexity index is 323. The molecule has 0 spiro atoms. The van der Waals surface area contributed by atoms with Gasteiger partial charge < -0.3 is 0 Å². The van der Waals surface area contributed by atoms with Gasteiger partial charge in [0, 0.05) is 14.2 Å². The first-order valence-corrected chi connectivity index (χ1v) is 9.07. The lowest BCUT2D eigenvalue weighted by atomic mass is 9.86. The second-order valence-corrected chi connectivity index (χ2v) is 8.84. The zero-order valence-corrected chi connectivity index (χ0v) is 14.6. The molecule has 90 valence electrons. The third-order valence-electron chi connectivity index (χ3n) is 3.24. The normalized spacial score (nSPS) is 19.9. The SMILES string of the molecule is Brc1cc(C(Br)CC2CCCCC2)sc1Br. The van der Waals surface area contributed by atoms with Crippen LogP contribution in [0.3, 0.4) is 0 Å². The molecule has 0 aromatic carbocycles. The minimum atomic E-state index is 0.531. The average Bonchev–Trinajstić information content (AvgIpc) is 2.61. The van der Waals surface area contributed by atoms with Crippen LogP contribution < -0.4 is 0 Å². The summed E-state index contributed by atoms with van der Waals surface area (Å²) in [6.07, 6.45) is 8.45. The molecule has 4 heteroatoms. The monoisotopic (exact) mass is 428 g/mol. The van der Waals surface area contributed by atoms with E-state index in [1.165, 1.54) is 51.7 Å². The zero-order valence-electron chi connectivity index (χ0n) is 9.02. The summed E-state index contributed by atoms with van der Waals surface area (Å²) in [4.78, 5) is 1.97. The van der Waals surface area contributed by atoms with E-state index < -0.39 is 0 Å². The number of hydrogen-bond donors (Lipinski definition) is 0. The van der Waals surface area contributed by atoms with Gasteiger partial charge in [0.2, 0.25) is 0 Å². The Morgan fingerprint density at radius 3 is 2.50 bits per heavy atom. The molecule has 1 aliphatic rings. The minimum Gasteiger partial charge on any atom is -0.131 e. The molecule has 1 heterocycles. The summed E-state index contributed by atoms with van der Waals surface area (Å²) in [6, 6.07) is 2.23. The molecular formula is C12H15Br3S. The summed E-state index contributed by atoms with van der Waals surface area (Å²) >= 11 is 12.8. The molecule has 1 aliphatic carbocycles. The van der Waals surface area contributed by atoms with Crippen LogP contribution in [0, 0.1) is 5.92 Å². The molecule has 0 nitrogen and oxygen atoms in total. The Morgan fingerprint density at radius 2 is 1.94 bits per heavy atom. The van der Waals surface area contributed by atoms with Gasteiger partial charge in [-0.3, -0.25) is 0 Å². The van der Waals surface area contributed by atoms with Crippen molar-refractivity contribution in [3.05, 3.63) is 19.2 Å². The lowest BCUT2D eigenvalue weighted by molar-refractivity contribution is 0.339. The Hall–Kier alpha value is 1.14. The highest BCUT2D eigenvalue weighted by atomic mass is 79.9. The molecule has 0 amide bonds. The molecule has 16 heavy (non-hydrogen) atoms. The topological polar surface area (TPSA) is 0 Å². The summed E-state index contributed by atoms with van der Waals surface area (Å²) in [5, 5.41) is 0. The highest BCUT2D eigenvalue weighted by Gasteiger charge is 2.20. The second kappa shape index (κ2) is 6.35. The van der Waals surface area contributed by atoms with Gasteiger partial charge in [-0.25, -0.2) is 0 Å². The molecular weight excluding hydrogens is 416 g/mol. The van der Waals surface area contributed by atoms with Crippen LogP contribution in [0.4, 0.5) is 0 Å². The smallest absolute Gasteiger partial charge is 0.0843 e. The fourth-order valence-electron chi connectivity index (χ4n) is 2.35. The summed E-state index contributed by atoms with van der Waals surface area (Å²) in [5.41, 5.74) is 0. The standard InChI is InChI=1S/C12H15Br3S/c13-9(6-8-4-2-1-3-5-8)11-7-10(14)12(15)16-11/h7-9H,1-6H2. The van der Waals surface area contributed by atoms with E-state index in [1.807, 2.05) is 11.3 Å². The number of alkyl halides is 1. The Labute approximate surface area is 127 Å². The van der Waals surface area contributed by atoms with Crippen LogP contribution >= 0.6 is 59.1 Å². The first-order valence-electron chi connectivity index (χ1n) is 5.75. The van der Waals surface area contributed by atoms with E-state index in [4.69, 9.17) is 0 Å². The lowest BCUT2D eigenvalue weighted by Gasteiger charge is -2.23. The van der Waals surface area contributed by atoms with Crippen molar-refractivity contribution in [2.75, 3.05) is 0 Å². The number of rotatable bonds is 3. The number of thiophene rings is 1.